The Kier molecular flexibility index (Phi) is 9.28. The molecule has 0 fully saturated rings. The van der Waals surface area contributed by atoms with E-state index < -0.39 is 0 Å². The molecule has 3 aromatic carbocycles. The molecule has 0 aliphatic carbocycles. The Morgan fingerprint density at radius 3 is 0.840 bits per heavy atom. The zero-order valence-corrected chi connectivity index (χ0v) is 13.7. The van der Waals surface area contributed by atoms with Crippen LogP contribution in [0.5, 0.6) is 0 Å². The molecule has 0 aromatic heterocycles. The standard InChI is InChI=1S/C19H16.2CH2N2/c1-4-10-16(11-5-1)19(17-12-6-2-7-13-17)18-14-8-3-9-15-18;2*2-1-3/h1-15,19H;2*2-3H. The molecular formula is C21H20N4. The molecule has 3 aromatic rings. The maximum atomic E-state index is 5.62. The van der Waals surface area contributed by atoms with Crippen LogP contribution in [0.1, 0.15) is 22.6 Å². The molecule has 0 saturated heterocycles. The summed E-state index contributed by atoms with van der Waals surface area (Å²) in [4.78, 5) is 0. The van der Waals surface area contributed by atoms with Crippen LogP contribution in [0.15, 0.2) is 91.0 Å². The van der Waals surface area contributed by atoms with Crippen LogP contribution in [0, 0.1) is 21.6 Å². The van der Waals surface area contributed by atoms with E-state index in [0.29, 0.717) is 5.92 Å². The highest BCUT2D eigenvalue weighted by molar-refractivity contribution is 5.42. The fourth-order valence-corrected chi connectivity index (χ4v) is 2.51. The number of rotatable bonds is 3. The minimum absolute atomic E-state index is 0.309. The number of hydrogen-bond acceptors (Lipinski definition) is 4. The van der Waals surface area contributed by atoms with Gasteiger partial charge in [-0.2, -0.15) is 0 Å². The van der Waals surface area contributed by atoms with Crippen molar-refractivity contribution in [2.24, 2.45) is 0 Å². The van der Waals surface area contributed by atoms with Crippen LogP contribution in [-0.4, -0.2) is 12.0 Å². The van der Waals surface area contributed by atoms with Gasteiger partial charge in [0.2, 0.25) is 0 Å². The van der Waals surface area contributed by atoms with Gasteiger partial charge in [0, 0.05) is 5.92 Å². The van der Waals surface area contributed by atoms with Crippen molar-refractivity contribution in [2.45, 2.75) is 5.92 Å². The Bertz CT molecular complexity index is 681. The topological polar surface area (TPSA) is 95.4 Å². The number of nitrogens with one attached hydrogen (secondary N) is 4. The first kappa shape index (κ1) is 19.5. The van der Waals surface area contributed by atoms with Gasteiger partial charge in [-0.05, 0) is 16.7 Å². The SMILES string of the molecule is N=C=N.N=C=N.c1ccc(C(c2ccccc2)c2ccccc2)cc1. The first-order chi connectivity index (χ1) is 12.3. The average Bonchev–Trinajstić information content (AvgIpc) is 2.66. The highest BCUT2D eigenvalue weighted by Gasteiger charge is 2.15. The normalized spacial score (nSPS) is 8.68. The van der Waals surface area contributed by atoms with Gasteiger partial charge in [-0.1, -0.05) is 91.0 Å². The van der Waals surface area contributed by atoms with Gasteiger partial charge in [0.1, 0.15) is 0 Å². The third-order valence-corrected chi connectivity index (χ3v) is 3.40. The van der Waals surface area contributed by atoms with Gasteiger partial charge >= 0.3 is 0 Å². The molecule has 4 heteroatoms. The minimum Gasteiger partial charge on any atom is -0.242 e. The molecule has 0 spiro atoms. The van der Waals surface area contributed by atoms with Crippen molar-refractivity contribution in [3.63, 3.8) is 0 Å². The quantitative estimate of drug-likeness (QED) is 0.361. The van der Waals surface area contributed by atoms with E-state index in [2.05, 4.69) is 91.0 Å². The first-order valence-electron chi connectivity index (χ1n) is 7.60. The Labute approximate surface area is 147 Å². The number of benzene rings is 3. The second-order valence-electron chi connectivity index (χ2n) is 4.92. The lowest BCUT2D eigenvalue weighted by molar-refractivity contribution is 0.977. The molecule has 3 rings (SSSR count). The van der Waals surface area contributed by atoms with Crippen LogP contribution in [0.4, 0.5) is 0 Å². The van der Waals surface area contributed by atoms with Crippen LogP contribution in [-0.2, 0) is 0 Å². The predicted octanol–water partition coefficient (Wildman–Crippen LogP) is 5.50. The third kappa shape index (κ3) is 6.59. The fraction of sp³-hybridized carbons (Fsp3) is 0.0476. The van der Waals surface area contributed by atoms with Gasteiger partial charge in [-0.15, -0.1) is 0 Å². The Hall–Kier alpha value is -3.58. The van der Waals surface area contributed by atoms with E-state index in [1.54, 1.807) is 0 Å². The molecule has 25 heavy (non-hydrogen) atoms. The molecule has 0 aliphatic rings. The van der Waals surface area contributed by atoms with E-state index in [1.165, 1.54) is 28.7 Å². The summed E-state index contributed by atoms with van der Waals surface area (Å²) in [5.74, 6) is 0.309. The lowest BCUT2D eigenvalue weighted by Gasteiger charge is -2.18. The Morgan fingerprint density at radius 2 is 0.640 bits per heavy atom. The average molecular weight is 328 g/mol. The summed E-state index contributed by atoms with van der Waals surface area (Å²) in [5.41, 5.74) is 4.00. The maximum absolute atomic E-state index is 5.62. The van der Waals surface area contributed by atoms with Gasteiger partial charge in [-0.25, -0.2) is 21.6 Å². The van der Waals surface area contributed by atoms with Crippen LogP contribution in [0.25, 0.3) is 0 Å². The van der Waals surface area contributed by atoms with Crippen LogP contribution < -0.4 is 0 Å². The molecule has 0 bridgehead atoms. The second kappa shape index (κ2) is 11.9. The van der Waals surface area contributed by atoms with E-state index >= 15 is 0 Å². The van der Waals surface area contributed by atoms with Gasteiger partial charge < -0.3 is 0 Å². The van der Waals surface area contributed by atoms with Gasteiger partial charge in [0.15, 0.2) is 0 Å². The van der Waals surface area contributed by atoms with Crippen molar-refractivity contribution in [1.29, 1.82) is 21.6 Å². The lowest BCUT2D eigenvalue weighted by Crippen LogP contribution is -2.02. The fourth-order valence-electron chi connectivity index (χ4n) is 2.51. The van der Waals surface area contributed by atoms with E-state index in [1.807, 2.05) is 0 Å². The molecule has 0 atom stereocenters. The Morgan fingerprint density at radius 1 is 0.440 bits per heavy atom. The molecule has 0 amide bonds. The highest BCUT2D eigenvalue weighted by atomic mass is 14.4. The van der Waals surface area contributed by atoms with Crippen molar-refractivity contribution in [1.82, 2.24) is 0 Å². The summed E-state index contributed by atoms with van der Waals surface area (Å²) in [6.45, 7) is 0. The predicted molar refractivity (Wildman–Crippen MR) is 101 cm³/mol. The summed E-state index contributed by atoms with van der Waals surface area (Å²) in [5, 5.41) is 22.5. The van der Waals surface area contributed by atoms with E-state index in [9.17, 15) is 0 Å². The van der Waals surface area contributed by atoms with Crippen molar-refractivity contribution in [2.75, 3.05) is 0 Å². The molecule has 0 radical (unpaired) electrons. The molecule has 0 aliphatic heterocycles. The van der Waals surface area contributed by atoms with Gasteiger partial charge in [0.05, 0.1) is 12.0 Å². The monoisotopic (exact) mass is 328 g/mol. The molecule has 4 N–H and O–H groups in total. The summed E-state index contributed by atoms with van der Waals surface area (Å²) < 4.78 is 0. The van der Waals surface area contributed by atoms with Crippen LogP contribution >= 0.6 is 0 Å². The lowest BCUT2D eigenvalue weighted by atomic mass is 9.85. The minimum atomic E-state index is 0.309. The smallest absolute Gasteiger partial charge is 0.0831 e. The van der Waals surface area contributed by atoms with E-state index in [0.717, 1.165) is 0 Å². The summed E-state index contributed by atoms with van der Waals surface area (Å²) >= 11 is 0. The third-order valence-electron chi connectivity index (χ3n) is 3.40. The van der Waals surface area contributed by atoms with Crippen LogP contribution in [0.2, 0.25) is 0 Å². The van der Waals surface area contributed by atoms with Crippen molar-refractivity contribution in [3.05, 3.63) is 108 Å². The van der Waals surface area contributed by atoms with Gasteiger partial charge in [0.25, 0.3) is 0 Å². The summed E-state index contributed by atoms with van der Waals surface area (Å²) in [6, 6.07) is 34.5. The maximum Gasteiger partial charge on any atom is 0.0831 e. The zero-order chi connectivity index (χ0) is 18.3. The molecule has 0 heterocycles. The largest absolute Gasteiger partial charge is 0.242 e. The summed E-state index contributed by atoms with van der Waals surface area (Å²) in [6.07, 6.45) is 0. The summed E-state index contributed by atoms with van der Waals surface area (Å²) in [7, 11) is 0. The van der Waals surface area contributed by atoms with Crippen LogP contribution in [0.3, 0.4) is 0 Å². The molecule has 0 unspecified atom stereocenters. The van der Waals surface area contributed by atoms with E-state index in [-0.39, 0.29) is 0 Å². The zero-order valence-electron chi connectivity index (χ0n) is 13.7. The molecule has 4 nitrogen and oxygen atoms in total. The number of hydrogen-bond donors (Lipinski definition) is 4. The van der Waals surface area contributed by atoms with Gasteiger partial charge in [-0.3, -0.25) is 0 Å². The highest BCUT2D eigenvalue weighted by Crippen LogP contribution is 2.31. The molecule has 0 saturated carbocycles. The van der Waals surface area contributed by atoms with E-state index in [4.69, 9.17) is 21.6 Å². The molecular weight excluding hydrogens is 308 g/mol. The second-order valence-corrected chi connectivity index (χ2v) is 4.92. The van der Waals surface area contributed by atoms with Crippen molar-refractivity contribution >= 4 is 12.0 Å². The van der Waals surface area contributed by atoms with Crippen molar-refractivity contribution in [3.8, 4) is 0 Å². The first-order valence-corrected chi connectivity index (χ1v) is 7.60. The van der Waals surface area contributed by atoms with Crippen molar-refractivity contribution < 1.29 is 0 Å². The molecule has 124 valence electrons. The Balaban J connectivity index is 0.000000460.